The molecule has 0 bridgehead atoms. The maximum atomic E-state index is 12.9. The van der Waals surface area contributed by atoms with Crippen molar-refractivity contribution in [2.24, 2.45) is 0 Å². The van der Waals surface area contributed by atoms with Crippen molar-refractivity contribution in [2.45, 2.75) is 367 Å². The second-order valence-corrected chi connectivity index (χ2v) is 22.4. The van der Waals surface area contributed by atoms with Gasteiger partial charge in [-0.25, -0.2) is 0 Å². The van der Waals surface area contributed by atoms with Crippen molar-refractivity contribution in [3.8, 4) is 0 Å². The summed E-state index contributed by atoms with van der Waals surface area (Å²) in [5.74, 6) is -0.880. The van der Waals surface area contributed by atoms with Crippen LogP contribution in [0.15, 0.2) is 36.5 Å². The minimum absolute atomic E-state index is 0.0767. The molecule has 74 heavy (non-hydrogen) atoms. The van der Waals surface area contributed by atoms with Crippen molar-refractivity contribution in [3.05, 3.63) is 36.5 Å². The summed E-state index contributed by atoms with van der Waals surface area (Å²) in [5.41, 5.74) is 0. The molecule has 0 saturated heterocycles. The molecule has 0 heterocycles. The Morgan fingerprint density at radius 3 is 0.811 bits per heavy atom. The van der Waals surface area contributed by atoms with E-state index in [0.29, 0.717) is 19.3 Å². The number of rotatable bonds is 61. The Kier molecular flexibility index (Phi) is 61.1. The summed E-state index contributed by atoms with van der Waals surface area (Å²) < 4.78 is 16.9. The number of hydrogen-bond donors (Lipinski definition) is 0. The summed E-state index contributed by atoms with van der Waals surface area (Å²) in [5, 5.41) is 0. The van der Waals surface area contributed by atoms with E-state index in [-0.39, 0.29) is 31.1 Å². The first-order chi connectivity index (χ1) is 36.5. The van der Waals surface area contributed by atoms with Gasteiger partial charge in [0.15, 0.2) is 6.10 Å². The molecule has 0 aliphatic carbocycles. The van der Waals surface area contributed by atoms with E-state index < -0.39 is 6.10 Å². The Hall–Kier alpha value is -2.37. The van der Waals surface area contributed by atoms with Gasteiger partial charge in [-0.2, -0.15) is 0 Å². The predicted octanol–water partition coefficient (Wildman–Crippen LogP) is 22.4. The summed E-state index contributed by atoms with van der Waals surface area (Å²) >= 11 is 0. The van der Waals surface area contributed by atoms with Crippen LogP contribution in [0.2, 0.25) is 0 Å². The number of esters is 3. The third-order valence-corrected chi connectivity index (χ3v) is 14.9. The fraction of sp³-hybridized carbons (Fsp3) is 0.868. The molecule has 0 spiro atoms. The van der Waals surface area contributed by atoms with Crippen LogP contribution in [0.4, 0.5) is 0 Å². The average molecular weight is 1040 g/mol. The number of carbonyl (C=O) groups excluding carboxylic acids is 3. The van der Waals surface area contributed by atoms with Gasteiger partial charge in [-0.1, -0.05) is 308 Å². The second-order valence-electron chi connectivity index (χ2n) is 22.4. The largest absolute Gasteiger partial charge is 0.462 e. The first kappa shape index (κ1) is 71.6. The summed E-state index contributed by atoms with van der Waals surface area (Å²) in [4.78, 5) is 38.2. The molecule has 1 unspecified atom stereocenters. The van der Waals surface area contributed by atoms with E-state index in [2.05, 4.69) is 57.2 Å². The van der Waals surface area contributed by atoms with Crippen molar-refractivity contribution in [1.82, 2.24) is 0 Å². The highest BCUT2D eigenvalue weighted by Crippen LogP contribution is 2.18. The number of hydrogen-bond acceptors (Lipinski definition) is 6. The molecule has 0 N–H and O–H groups in total. The van der Waals surface area contributed by atoms with Crippen molar-refractivity contribution in [1.29, 1.82) is 0 Å². The van der Waals surface area contributed by atoms with Gasteiger partial charge in [0.25, 0.3) is 0 Å². The SMILES string of the molecule is CCCC/C=C\C/C=C\CCCCCCCC(=O)OC(COC(=O)CCCCCCC/C=C\CCCCCC)COC(=O)CCCCCCCCCCCCCCCCCCCCCCCCCCCCCCC. The highest BCUT2D eigenvalue weighted by atomic mass is 16.6. The number of carbonyl (C=O) groups is 3. The lowest BCUT2D eigenvalue weighted by Crippen LogP contribution is -2.30. The molecule has 0 saturated carbocycles. The Labute approximate surface area is 461 Å². The van der Waals surface area contributed by atoms with E-state index in [9.17, 15) is 14.4 Å². The molecule has 0 aromatic rings. The van der Waals surface area contributed by atoms with Gasteiger partial charge in [0.2, 0.25) is 0 Å². The van der Waals surface area contributed by atoms with Crippen molar-refractivity contribution in [3.63, 3.8) is 0 Å². The van der Waals surface area contributed by atoms with E-state index in [1.54, 1.807) is 0 Å². The summed E-state index contributed by atoms with van der Waals surface area (Å²) in [6.07, 6.45) is 77.5. The zero-order valence-electron chi connectivity index (χ0n) is 49.9. The van der Waals surface area contributed by atoms with Crippen molar-refractivity contribution >= 4 is 17.9 Å². The molecular formula is C68H126O6. The minimum Gasteiger partial charge on any atom is -0.462 e. The smallest absolute Gasteiger partial charge is 0.306 e. The Balaban J connectivity index is 4.14. The molecule has 0 fully saturated rings. The molecule has 0 radical (unpaired) electrons. The van der Waals surface area contributed by atoms with Crippen LogP contribution < -0.4 is 0 Å². The van der Waals surface area contributed by atoms with E-state index in [1.807, 2.05) is 0 Å². The van der Waals surface area contributed by atoms with Crippen molar-refractivity contribution in [2.75, 3.05) is 13.2 Å². The molecule has 0 aliphatic heterocycles. The monoisotopic (exact) mass is 1040 g/mol. The molecule has 0 aromatic heterocycles. The van der Waals surface area contributed by atoms with E-state index >= 15 is 0 Å². The summed E-state index contributed by atoms with van der Waals surface area (Å²) in [6.45, 7) is 6.62. The van der Waals surface area contributed by atoms with E-state index in [1.165, 1.54) is 231 Å². The standard InChI is InChI=1S/C68H126O6/c1-4-7-10-13-16-19-22-25-27-28-29-30-31-32-33-34-35-36-37-38-39-40-41-44-46-49-52-55-58-61-67(70)73-64-65(63-72-66(69)60-57-54-51-48-45-42-24-21-18-15-12-9-6-3)74-68(71)62-59-56-53-50-47-43-26-23-20-17-14-11-8-5-2/h14,17,21,23-24,26,65H,4-13,15-16,18-20,22,25,27-64H2,1-3H3/b17-14-,24-21-,26-23-. The lowest BCUT2D eigenvalue weighted by atomic mass is 10.0. The second kappa shape index (κ2) is 63.2. The van der Waals surface area contributed by atoms with E-state index in [4.69, 9.17) is 14.2 Å². The predicted molar refractivity (Wildman–Crippen MR) is 321 cm³/mol. The van der Waals surface area contributed by atoms with Gasteiger partial charge in [-0.3, -0.25) is 14.4 Å². The number of unbranched alkanes of at least 4 members (excludes halogenated alkanes) is 44. The van der Waals surface area contributed by atoms with Gasteiger partial charge in [0.05, 0.1) is 0 Å². The third kappa shape index (κ3) is 60.5. The molecule has 6 nitrogen and oxygen atoms in total. The first-order valence-corrected chi connectivity index (χ1v) is 33.0. The maximum Gasteiger partial charge on any atom is 0.306 e. The molecule has 0 amide bonds. The highest BCUT2D eigenvalue weighted by Gasteiger charge is 2.19. The van der Waals surface area contributed by atoms with Gasteiger partial charge in [0, 0.05) is 19.3 Å². The van der Waals surface area contributed by atoms with Crippen molar-refractivity contribution < 1.29 is 28.6 Å². The van der Waals surface area contributed by atoms with Gasteiger partial charge in [-0.05, 0) is 70.6 Å². The molecule has 0 aliphatic rings. The summed E-state index contributed by atoms with van der Waals surface area (Å²) in [6, 6.07) is 0. The zero-order chi connectivity index (χ0) is 53.6. The van der Waals surface area contributed by atoms with Crippen LogP contribution in [-0.2, 0) is 28.6 Å². The minimum atomic E-state index is -0.781. The number of allylic oxidation sites excluding steroid dienone is 6. The van der Waals surface area contributed by atoms with Crippen LogP contribution in [0.5, 0.6) is 0 Å². The van der Waals surface area contributed by atoms with Crippen LogP contribution >= 0.6 is 0 Å². The van der Waals surface area contributed by atoms with Gasteiger partial charge in [-0.15, -0.1) is 0 Å². The zero-order valence-corrected chi connectivity index (χ0v) is 49.9. The van der Waals surface area contributed by atoms with Crippen LogP contribution in [0.3, 0.4) is 0 Å². The van der Waals surface area contributed by atoms with Crippen LogP contribution in [0.25, 0.3) is 0 Å². The van der Waals surface area contributed by atoms with Gasteiger partial charge in [0.1, 0.15) is 13.2 Å². The average Bonchev–Trinajstić information content (AvgIpc) is 3.40. The Morgan fingerprint density at radius 2 is 0.500 bits per heavy atom. The Morgan fingerprint density at radius 1 is 0.270 bits per heavy atom. The van der Waals surface area contributed by atoms with Gasteiger partial charge < -0.3 is 14.2 Å². The van der Waals surface area contributed by atoms with Crippen LogP contribution in [0.1, 0.15) is 361 Å². The first-order valence-electron chi connectivity index (χ1n) is 33.0. The lowest BCUT2D eigenvalue weighted by molar-refractivity contribution is -0.167. The number of ether oxygens (including phenoxy) is 3. The van der Waals surface area contributed by atoms with Gasteiger partial charge >= 0.3 is 17.9 Å². The fourth-order valence-corrected chi connectivity index (χ4v) is 9.87. The molecule has 1 atom stereocenters. The maximum absolute atomic E-state index is 12.9. The fourth-order valence-electron chi connectivity index (χ4n) is 9.87. The molecule has 0 rings (SSSR count). The molecule has 434 valence electrons. The Bertz CT molecular complexity index is 1240. The normalized spacial score (nSPS) is 12.2. The molecule has 6 heteroatoms. The van der Waals surface area contributed by atoms with Crippen LogP contribution in [-0.4, -0.2) is 37.2 Å². The molecule has 0 aromatic carbocycles. The third-order valence-electron chi connectivity index (χ3n) is 14.9. The molecular weight excluding hydrogens is 913 g/mol. The van der Waals surface area contributed by atoms with Crippen LogP contribution in [0, 0.1) is 0 Å². The quantitative estimate of drug-likeness (QED) is 0.0261. The van der Waals surface area contributed by atoms with E-state index in [0.717, 1.165) is 89.9 Å². The highest BCUT2D eigenvalue weighted by molar-refractivity contribution is 5.71. The summed E-state index contributed by atoms with van der Waals surface area (Å²) in [7, 11) is 0. The topological polar surface area (TPSA) is 78.9 Å². The lowest BCUT2D eigenvalue weighted by Gasteiger charge is -2.18.